The molecule has 1 amide bonds. The number of hydrogen-bond acceptors (Lipinski definition) is 2. The predicted octanol–water partition coefficient (Wildman–Crippen LogP) is 2.45. The second kappa shape index (κ2) is 5.53. The van der Waals surface area contributed by atoms with Gasteiger partial charge in [0.15, 0.2) is 0 Å². The molecule has 1 aromatic rings. The number of carbonyl (C=O) groups is 1. The molecule has 1 heterocycles. The molecule has 0 bridgehead atoms. The smallest absolute Gasteiger partial charge is 0.251 e. The van der Waals surface area contributed by atoms with Crippen LogP contribution in [0.5, 0.6) is 0 Å². The molecule has 2 N–H and O–H groups in total. The van der Waals surface area contributed by atoms with E-state index >= 15 is 0 Å². The van der Waals surface area contributed by atoms with Gasteiger partial charge in [0.25, 0.3) is 5.91 Å². The first kappa shape index (κ1) is 13.1. The Balaban J connectivity index is 2.09. The molecule has 1 aliphatic rings. The van der Waals surface area contributed by atoms with Crippen LogP contribution in [-0.4, -0.2) is 11.9 Å². The molecule has 1 aliphatic heterocycles. The Hall–Kier alpha value is -1.35. The third-order valence-electron chi connectivity index (χ3n) is 3.66. The molecule has 1 aromatic carbocycles. The topological polar surface area (TPSA) is 41.1 Å². The van der Waals surface area contributed by atoms with Crippen LogP contribution in [0.1, 0.15) is 48.7 Å². The number of fused-ring (bicyclic) bond motifs is 1. The highest BCUT2D eigenvalue weighted by atomic mass is 16.1. The Kier molecular flexibility index (Phi) is 4.02. The van der Waals surface area contributed by atoms with Gasteiger partial charge in [-0.05, 0) is 35.6 Å². The summed E-state index contributed by atoms with van der Waals surface area (Å²) in [6.45, 7) is 8.18. The Morgan fingerprint density at radius 3 is 2.72 bits per heavy atom. The lowest BCUT2D eigenvalue weighted by atomic mass is 10.0. The fourth-order valence-corrected chi connectivity index (χ4v) is 2.43. The standard InChI is InChI=1S/C15H22N2O/c1-4-14(10(2)3)17-15(18)11-5-6-12-8-16-9-13(12)7-11/h5-7,10,14,16H,4,8-9H2,1-3H3,(H,17,18). The summed E-state index contributed by atoms with van der Waals surface area (Å²) in [4.78, 5) is 12.2. The van der Waals surface area contributed by atoms with E-state index in [1.807, 2.05) is 12.1 Å². The van der Waals surface area contributed by atoms with Gasteiger partial charge in [-0.3, -0.25) is 4.79 Å². The maximum atomic E-state index is 12.2. The summed E-state index contributed by atoms with van der Waals surface area (Å²) >= 11 is 0. The van der Waals surface area contributed by atoms with Gasteiger partial charge in [-0.15, -0.1) is 0 Å². The lowest BCUT2D eigenvalue weighted by Crippen LogP contribution is -2.38. The first-order valence-corrected chi connectivity index (χ1v) is 6.75. The van der Waals surface area contributed by atoms with E-state index in [0.29, 0.717) is 5.92 Å². The number of amides is 1. The van der Waals surface area contributed by atoms with Crippen LogP contribution in [0.3, 0.4) is 0 Å². The summed E-state index contributed by atoms with van der Waals surface area (Å²) in [5, 5.41) is 6.41. The van der Waals surface area contributed by atoms with Crippen molar-refractivity contribution in [2.45, 2.75) is 46.3 Å². The normalized spacial score (nSPS) is 15.6. The van der Waals surface area contributed by atoms with Crippen molar-refractivity contribution in [2.75, 3.05) is 0 Å². The third kappa shape index (κ3) is 2.72. The number of carbonyl (C=O) groups excluding carboxylic acids is 1. The van der Waals surface area contributed by atoms with Gasteiger partial charge in [0.05, 0.1) is 0 Å². The summed E-state index contributed by atoms with van der Waals surface area (Å²) in [7, 11) is 0. The minimum Gasteiger partial charge on any atom is -0.349 e. The molecule has 0 fully saturated rings. The minimum atomic E-state index is 0.0465. The highest BCUT2D eigenvalue weighted by molar-refractivity contribution is 5.94. The average Bonchev–Trinajstić information content (AvgIpc) is 2.82. The summed E-state index contributed by atoms with van der Waals surface area (Å²) in [5.74, 6) is 0.514. The highest BCUT2D eigenvalue weighted by Gasteiger charge is 2.17. The van der Waals surface area contributed by atoms with Crippen LogP contribution in [0.25, 0.3) is 0 Å². The lowest BCUT2D eigenvalue weighted by molar-refractivity contribution is 0.0924. The lowest BCUT2D eigenvalue weighted by Gasteiger charge is -2.20. The molecule has 1 unspecified atom stereocenters. The van der Waals surface area contributed by atoms with E-state index in [1.165, 1.54) is 11.1 Å². The summed E-state index contributed by atoms with van der Waals surface area (Å²) in [6.07, 6.45) is 0.968. The molecule has 98 valence electrons. The van der Waals surface area contributed by atoms with Gasteiger partial charge in [-0.1, -0.05) is 26.8 Å². The molecule has 0 spiro atoms. The zero-order valence-electron chi connectivity index (χ0n) is 11.4. The predicted molar refractivity (Wildman–Crippen MR) is 73.4 cm³/mol. The van der Waals surface area contributed by atoms with E-state index in [1.54, 1.807) is 0 Å². The second-order valence-corrected chi connectivity index (χ2v) is 5.32. The van der Waals surface area contributed by atoms with Gasteiger partial charge in [0.2, 0.25) is 0 Å². The van der Waals surface area contributed by atoms with Crippen molar-refractivity contribution < 1.29 is 4.79 Å². The molecule has 2 rings (SSSR count). The van der Waals surface area contributed by atoms with E-state index in [4.69, 9.17) is 0 Å². The van der Waals surface area contributed by atoms with Gasteiger partial charge in [-0.2, -0.15) is 0 Å². The zero-order chi connectivity index (χ0) is 13.1. The zero-order valence-corrected chi connectivity index (χ0v) is 11.4. The van der Waals surface area contributed by atoms with Crippen LogP contribution in [0.2, 0.25) is 0 Å². The van der Waals surface area contributed by atoms with Gasteiger partial charge in [0, 0.05) is 24.7 Å². The van der Waals surface area contributed by atoms with Crippen LogP contribution in [0.4, 0.5) is 0 Å². The number of nitrogens with one attached hydrogen (secondary N) is 2. The fraction of sp³-hybridized carbons (Fsp3) is 0.533. The Labute approximate surface area is 109 Å². The molecule has 0 aliphatic carbocycles. The molecule has 3 heteroatoms. The maximum absolute atomic E-state index is 12.2. The molecule has 1 atom stereocenters. The molecular formula is C15H22N2O. The van der Waals surface area contributed by atoms with E-state index in [9.17, 15) is 4.79 Å². The molecule has 0 saturated carbocycles. The van der Waals surface area contributed by atoms with E-state index in [0.717, 1.165) is 25.1 Å². The summed E-state index contributed by atoms with van der Waals surface area (Å²) < 4.78 is 0. The first-order chi connectivity index (χ1) is 8.61. The van der Waals surface area contributed by atoms with Gasteiger partial charge in [-0.25, -0.2) is 0 Å². The monoisotopic (exact) mass is 246 g/mol. The fourth-order valence-electron chi connectivity index (χ4n) is 2.43. The summed E-state index contributed by atoms with van der Waals surface area (Å²) in [6, 6.07) is 6.25. The first-order valence-electron chi connectivity index (χ1n) is 6.75. The van der Waals surface area contributed by atoms with Crippen molar-refractivity contribution in [3.05, 3.63) is 34.9 Å². The van der Waals surface area contributed by atoms with Crippen LogP contribution < -0.4 is 10.6 Å². The van der Waals surface area contributed by atoms with Gasteiger partial charge in [0.1, 0.15) is 0 Å². The van der Waals surface area contributed by atoms with Crippen molar-refractivity contribution in [1.29, 1.82) is 0 Å². The Morgan fingerprint density at radius 2 is 2.06 bits per heavy atom. The van der Waals surface area contributed by atoms with Crippen LogP contribution in [0.15, 0.2) is 18.2 Å². The number of hydrogen-bond donors (Lipinski definition) is 2. The Morgan fingerprint density at radius 1 is 1.33 bits per heavy atom. The van der Waals surface area contributed by atoms with Crippen LogP contribution in [-0.2, 0) is 13.1 Å². The van der Waals surface area contributed by atoms with E-state index in [2.05, 4.69) is 37.5 Å². The van der Waals surface area contributed by atoms with E-state index < -0.39 is 0 Å². The van der Waals surface area contributed by atoms with Crippen LogP contribution >= 0.6 is 0 Å². The van der Waals surface area contributed by atoms with Crippen molar-refractivity contribution in [1.82, 2.24) is 10.6 Å². The summed E-state index contributed by atoms with van der Waals surface area (Å²) in [5.41, 5.74) is 3.33. The van der Waals surface area contributed by atoms with Crippen molar-refractivity contribution in [2.24, 2.45) is 5.92 Å². The van der Waals surface area contributed by atoms with E-state index in [-0.39, 0.29) is 11.9 Å². The van der Waals surface area contributed by atoms with Crippen molar-refractivity contribution in [3.8, 4) is 0 Å². The van der Waals surface area contributed by atoms with Crippen LogP contribution in [0, 0.1) is 5.92 Å². The van der Waals surface area contributed by atoms with Crippen molar-refractivity contribution in [3.63, 3.8) is 0 Å². The van der Waals surface area contributed by atoms with Gasteiger partial charge < -0.3 is 10.6 Å². The third-order valence-corrected chi connectivity index (χ3v) is 3.66. The number of rotatable bonds is 4. The van der Waals surface area contributed by atoms with Crippen molar-refractivity contribution >= 4 is 5.91 Å². The molecule has 3 nitrogen and oxygen atoms in total. The highest BCUT2D eigenvalue weighted by Crippen LogP contribution is 2.17. The largest absolute Gasteiger partial charge is 0.349 e. The molecule has 0 saturated heterocycles. The number of benzene rings is 1. The maximum Gasteiger partial charge on any atom is 0.251 e. The second-order valence-electron chi connectivity index (χ2n) is 5.32. The van der Waals surface area contributed by atoms with Gasteiger partial charge >= 0.3 is 0 Å². The quantitative estimate of drug-likeness (QED) is 0.857. The SMILES string of the molecule is CCC(NC(=O)c1ccc2c(c1)CNC2)C(C)C. The Bertz CT molecular complexity index is 440. The average molecular weight is 246 g/mol. The minimum absolute atomic E-state index is 0.0465. The molecule has 18 heavy (non-hydrogen) atoms. The molecule has 0 aromatic heterocycles. The molecular weight excluding hydrogens is 224 g/mol. The molecule has 0 radical (unpaired) electrons.